The summed E-state index contributed by atoms with van der Waals surface area (Å²) in [5.41, 5.74) is -1.25. The molecule has 2 amide bonds. The summed E-state index contributed by atoms with van der Waals surface area (Å²) >= 11 is 0. The van der Waals surface area contributed by atoms with Gasteiger partial charge in [-0.05, 0) is 42.7 Å². The second-order valence-electron chi connectivity index (χ2n) is 8.93. The van der Waals surface area contributed by atoms with Crippen LogP contribution in [0.5, 0.6) is 0 Å². The van der Waals surface area contributed by atoms with Gasteiger partial charge in [0.2, 0.25) is 5.91 Å². The van der Waals surface area contributed by atoms with Crippen molar-refractivity contribution >= 4 is 27.3 Å². The Morgan fingerprint density at radius 2 is 1.89 bits per heavy atom. The maximum Gasteiger partial charge on any atom is 0.272 e. The highest BCUT2D eigenvalue weighted by Crippen LogP contribution is 2.44. The van der Waals surface area contributed by atoms with E-state index in [9.17, 15) is 35.6 Å². The van der Waals surface area contributed by atoms with Crippen molar-refractivity contribution in [3.8, 4) is 11.3 Å². The fraction of sp³-hybridized carbons (Fsp3) is 0.261. The summed E-state index contributed by atoms with van der Waals surface area (Å²) in [6.07, 6.45) is 1.38. The molecule has 5 rings (SSSR count). The molecule has 0 fully saturated rings. The highest BCUT2D eigenvalue weighted by atomic mass is 32.2. The van der Waals surface area contributed by atoms with Gasteiger partial charge in [0.05, 0.1) is 12.1 Å². The van der Waals surface area contributed by atoms with Crippen LogP contribution in [0.3, 0.4) is 0 Å². The predicted molar refractivity (Wildman–Crippen MR) is 120 cm³/mol. The smallest absolute Gasteiger partial charge is 0.272 e. The number of anilines is 1. The molecule has 13 heteroatoms. The van der Waals surface area contributed by atoms with Gasteiger partial charge in [-0.1, -0.05) is 0 Å². The topological polar surface area (TPSA) is 110 Å². The number of benzene rings is 2. The lowest BCUT2D eigenvalue weighted by Gasteiger charge is -2.36. The Labute approximate surface area is 202 Å². The van der Waals surface area contributed by atoms with Gasteiger partial charge in [-0.2, -0.15) is 5.10 Å². The van der Waals surface area contributed by atoms with E-state index in [-0.39, 0.29) is 47.6 Å². The quantitative estimate of drug-likeness (QED) is 0.512. The lowest BCUT2D eigenvalue weighted by Crippen LogP contribution is -2.53. The van der Waals surface area contributed by atoms with Gasteiger partial charge in [0.25, 0.3) is 5.91 Å². The van der Waals surface area contributed by atoms with Crippen molar-refractivity contribution in [1.29, 1.82) is 0 Å². The van der Waals surface area contributed by atoms with E-state index in [0.717, 1.165) is 24.5 Å². The number of amides is 2. The van der Waals surface area contributed by atoms with Crippen molar-refractivity contribution in [2.24, 2.45) is 0 Å². The van der Waals surface area contributed by atoms with Crippen LogP contribution in [0.2, 0.25) is 0 Å². The number of fused-ring (bicyclic) bond motifs is 3. The summed E-state index contributed by atoms with van der Waals surface area (Å²) in [7, 11) is -3.73. The molecule has 0 saturated carbocycles. The SMILES string of the molecule is CS(=O)(=O)CC(=O)Nc1c(-c2ccc(F)c(F)c2)nn2c1C(=O)N[C@]1(CCc3cc(F)cc(F)c31)C2. The van der Waals surface area contributed by atoms with Crippen LogP contribution < -0.4 is 10.6 Å². The van der Waals surface area contributed by atoms with E-state index < -0.39 is 56.2 Å². The van der Waals surface area contributed by atoms with Crippen LogP contribution in [0.25, 0.3) is 11.3 Å². The minimum atomic E-state index is -3.73. The van der Waals surface area contributed by atoms with Crippen LogP contribution in [0, 0.1) is 23.3 Å². The fourth-order valence-electron chi connectivity index (χ4n) is 4.87. The average Bonchev–Trinajstić information content (AvgIpc) is 3.27. The van der Waals surface area contributed by atoms with Gasteiger partial charge in [-0.3, -0.25) is 14.3 Å². The minimum Gasteiger partial charge on any atom is -0.339 e. The van der Waals surface area contributed by atoms with Gasteiger partial charge in [0.1, 0.15) is 28.8 Å². The number of sulfone groups is 1. The van der Waals surface area contributed by atoms with Crippen molar-refractivity contribution in [2.75, 3.05) is 17.3 Å². The molecule has 1 aliphatic heterocycles. The van der Waals surface area contributed by atoms with Gasteiger partial charge < -0.3 is 10.6 Å². The monoisotopic (exact) mass is 522 g/mol. The lowest BCUT2D eigenvalue weighted by molar-refractivity contribution is -0.113. The molecule has 0 radical (unpaired) electrons. The number of hydrogen-bond acceptors (Lipinski definition) is 5. The van der Waals surface area contributed by atoms with Gasteiger partial charge in [0.15, 0.2) is 27.2 Å². The first-order chi connectivity index (χ1) is 16.9. The zero-order chi connectivity index (χ0) is 26.0. The van der Waals surface area contributed by atoms with E-state index in [1.54, 1.807) is 0 Å². The second kappa shape index (κ2) is 8.15. The molecule has 188 valence electrons. The van der Waals surface area contributed by atoms with Crippen molar-refractivity contribution < 1.29 is 35.6 Å². The molecule has 0 saturated heterocycles. The van der Waals surface area contributed by atoms with Gasteiger partial charge in [-0.25, -0.2) is 26.0 Å². The molecule has 1 atom stereocenters. The first-order valence-electron chi connectivity index (χ1n) is 10.7. The Bertz CT molecular complexity index is 1570. The molecule has 36 heavy (non-hydrogen) atoms. The van der Waals surface area contributed by atoms with Crippen molar-refractivity contribution in [2.45, 2.75) is 24.9 Å². The molecule has 1 aliphatic carbocycles. The number of rotatable bonds is 4. The van der Waals surface area contributed by atoms with Gasteiger partial charge in [-0.15, -0.1) is 0 Å². The molecule has 0 bridgehead atoms. The third-order valence-corrected chi connectivity index (χ3v) is 7.01. The molecule has 2 aromatic carbocycles. The van der Waals surface area contributed by atoms with Crippen LogP contribution in [0.15, 0.2) is 30.3 Å². The van der Waals surface area contributed by atoms with Crippen molar-refractivity contribution in [3.05, 3.63) is 70.4 Å². The lowest BCUT2D eigenvalue weighted by atomic mass is 9.89. The normalized spacial score (nSPS) is 18.6. The van der Waals surface area contributed by atoms with Crippen LogP contribution in [-0.2, 0) is 33.1 Å². The highest BCUT2D eigenvalue weighted by Gasteiger charge is 2.48. The predicted octanol–water partition coefficient (Wildman–Crippen LogP) is 2.67. The largest absolute Gasteiger partial charge is 0.339 e. The number of aryl methyl sites for hydroxylation is 1. The zero-order valence-electron chi connectivity index (χ0n) is 18.7. The molecule has 3 aromatic rings. The Balaban J connectivity index is 1.64. The molecular formula is C23H18F4N4O4S. The number of nitrogens with zero attached hydrogens (tertiary/aromatic N) is 2. The molecule has 2 aliphatic rings. The van der Waals surface area contributed by atoms with Gasteiger partial charge >= 0.3 is 0 Å². The summed E-state index contributed by atoms with van der Waals surface area (Å²) in [6, 6.07) is 4.75. The van der Waals surface area contributed by atoms with E-state index in [2.05, 4.69) is 15.7 Å². The number of hydrogen-bond donors (Lipinski definition) is 2. The number of halogens is 4. The summed E-state index contributed by atoms with van der Waals surface area (Å²) in [5, 5.41) is 9.44. The Hall–Kier alpha value is -3.74. The Morgan fingerprint density at radius 1 is 1.14 bits per heavy atom. The highest BCUT2D eigenvalue weighted by molar-refractivity contribution is 7.91. The molecule has 1 spiro atoms. The minimum absolute atomic E-state index is 0.00683. The molecule has 2 N–H and O–H groups in total. The van der Waals surface area contributed by atoms with E-state index in [0.29, 0.717) is 5.56 Å². The number of carbonyl (C=O) groups excluding carboxylic acids is 2. The van der Waals surface area contributed by atoms with E-state index in [1.165, 1.54) is 16.8 Å². The van der Waals surface area contributed by atoms with Crippen molar-refractivity contribution in [3.63, 3.8) is 0 Å². The summed E-state index contributed by atoms with van der Waals surface area (Å²) in [5.74, 6) is -6.56. The van der Waals surface area contributed by atoms with Crippen LogP contribution in [0.4, 0.5) is 23.2 Å². The van der Waals surface area contributed by atoms with Crippen molar-refractivity contribution in [1.82, 2.24) is 15.1 Å². The third kappa shape index (κ3) is 4.02. The molecule has 2 heterocycles. The number of nitrogens with one attached hydrogen (secondary N) is 2. The Kier molecular flexibility index (Phi) is 5.43. The summed E-state index contributed by atoms with van der Waals surface area (Å²) < 4.78 is 80.5. The van der Waals surface area contributed by atoms with E-state index >= 15 is 0 Å². The van der Waals surface area contributed by atoms with Crippen LogP contribution in [0.1, 0.15) is 28.0 Å². The second-order valence-corrected chi connectivity index (χ2v) is 11.1. The first-order valence-corrected chi connectivity index (χ1v) is 12.8. The average molecular weight is 522 g/mol. The molecule has 1 aromatic heterocycles. The van der Waals surface area contributed by atoms with Crippen LogP contribution in [-0.4, -0.2) is 42.0 Å². The zero-order valence-corrected chi connectivity index (χ0v) is 19.5. The first kappa shape index (κ1) is 24.0. The summed E-state index contributed by atoms with van der Waals surface area (Å²) in [4.78, 5) is 25.8. The van der Waals surface area contributed by atoms with Crippen LogP contribution >= 0.6 is 0 Å². The number of aromatic nitrogens is 2. The summed E-state index contributed by atoms with van der Waals surface area (Å²) in [6.45, 7) is -0.109. The molecule has 8 nitrogen and oxygen atoms in total. The fourth-order valence-corrected chi connectivity index (χ4v) is 5.42. The van der Waals surface area contributed by atoms with Gasteiger partial charge in [0, 0.05) is 23.4 Å². The third-order valence-electron chi connectivity index (χ3n) is 6.23. The maximum atomic E-state index is 14.8. The number of carbonyl (C=O) groups is 2. The Morgan fingerprint density at radius 3 is 2.58 bits per heavy atom. The van der Waals surface area contributed by atoms with E-state index in [1.807, 2.05) is 0 Å². The standard InChI is InChI=1S/C23H18F4N4O4S/c1-36(34,35)9-17(32)28-20-19(12-2-3-14(25)15(26)7-12)30-31-10-23(29-22(33)21(20)31)5-4-11-6-13(24)8-16(27)18(11)23/h2-3,6-8H,4-5,9-10H2,1H3,(H,28,32)(H,29,33)/t23-/m1/s1. The maximum absolute atomic E-state index is 14.8. The molecular weight excluding hydrogens is 504 g/mol. The molecule has 0 unspecified atom stereocenters. The van der Waals surface area contributed by atoms with E-state index in [4.69, 9.17) is 0 Å².